The summed E-state index contributed by atoms with van der Waals surface area (Å²) >= 11 is 0. The maximum absolute atomic E-state index is 2.50. The van der Waals surface area contributed by atoms with Gasteiger partial charge in [0.05, 0.1) is 13.1 Å². The normalized spacial score (nSPS) is 12.1. The number of hydrogen-bond acceptors (Lipinski definition) is 0. The van der Waals surface area contributed by atoms with Crippen LogP contribution in [0, 0.1) is 0 Å². The van der Waals surface area contributed by atoms with E-state index < -0.39 is 0 Å². The van der Waals surface area contributed by atoms with Gasteiger partial charge in [-0.15, -0.1) is 0 Å². The van der Waals surface area contributed by atoms with Gasteiger partial charge < -0.3 is 4.48 Å². The van der Waals surface area contributed by atoms with Crippen LogP contribution < -0.4 is 0 Å². The first-order valence-electron chi connectivity index (χ1n) is 20.5. The Balaban J connectivity index is 1.81. The molecule has 0 aliphatic heterocycles. The summed E-state index contributed by atoms with van der Waals surface area (Å²) in [7, 11) is 0. The lowest BCUT2D eigenvalue weighted by atomic mass is 10.1. The Morgan fingerprint density at radius 3 is 1.00 bits per heavy atom. The first-order chi connectivity index (χ1) is 23.3. The van der Waals surface area contributed by atoms with Gasteiger partial charge in [0.25, 0.3) is 0 Å². The van der Waals surface area contributed by atoms with Crippen molar-refractivity contribution in [3.05, 3.63) is 96.1 Å². The molecule has 47 heavy (non-hydrogen) atoms. The van der Waals surface area contributed by atoms with Crippen molar-refractivity contribution in [1.29, 1.82) is 0 Å². The molecular weight excluding hydrogens is 567 g/mol. The zero-order valence-corrected chi connectivity index (χ0v) is 31.3. The predicted octanol–water partition coefficient (Wildman–Crippen LogP) is 14.7. The van der Waals surface area contributed by atoms with E-state index in [1.54, 1.807) is 0 Å². The van der Waals surface area contributed by atoms with Crippen molar-refractivity contribution in [1.82, 2.24) is 0 Å². The summed E-state index contributed by atoms with van der Waals surface area (Å²) in [5, 5.41) is 0. The highest BCUT2D eigenvalue weighted by molar-refractivity contribution is 5.15. The summed E-state index contributed by atoms with van der Waals surface area (Å²) in [6.45, 7) is 9.22. The minimum absolute atomic E-state index is 1.11. The summed E-state index contributed by atoms with van der Waals surface area (Å²) in [6, 6.07) is 22.5. The van der Waals surface area contributed by atoms with Crippen molar-refractivity contribution in [2.75, 3.05) is 13.1 Å². The van der Waals surface area contributed by atoms with Crippen LogP contribution in [0.3, 0.4) is 0 Å². The van der Waals surface area contributed by atoms with Crippen LogP contribution in [-0.4, -0.2) is 17.6 Å². The molecule has 0 radical (unpaired) electrons. The third-order valence-electron chi connectivity index (χ3n) is 10.0. The fraction of sp³-hybridized carbons (Fsp3) is 0.652. The summed E-state index contributed by atoms with van der Waals surface area (Å²) in [5.74, 6) is 0. The van der Waals surface area contributed by atoms with Crippen LogP contribution in [0.15, 0.2) is 85.0 Å². The van der Waals surface area contributed by atoms with Crippen LogP contribution in [0.4, 0.5) is 0 Å². The number of unbranched alkanes of at least 4 members (excludes halogenated alkanes) is 20. The largest absolute Gasteiger partial charge is 0.316 e. The van der Waals surface area contributed by atoms with Crippen LogP contribution in [0.5, 0.6) is 0 Å². The van der Waals surface area contributed by atoms with Gasteiger partial charge in [0.1, 0.15) is 13.1 Å². The van der Waals surface area contributed by atoms with Crippen molar-refractivity contribution >= 4 is 0 Å². The average molecular weight is 643 g/mol. The molecule has 0 aliphatic carbocycles. The number of nitrogens with zero attached hydrogens (tertiary/aromatic N) is 1. The van der Waals surface area contributed by atoms with Crippen molar-refractivity contribution < 1.29 is 4.48 Å². The van der Waals surface area contributed by atoms with E-state index in [1.807, 2.05) is 0 Å². The van der Waals surface area contributed by atoms with Gasteiger partial charge in [-0.3, -0.25) is 0 Å². The minimum atomic E-state index is 1.11. The smallest absolute Gasteiger partial charge is 0.105 e. The molecule has 1 nitrogen and oxygen atoms in total. The molecule has 0 N–H and O–H groups in total. The first-order valence-corrected chi connectivity index (χ1v) is 20.5. The van der Waals surface area contributed by atoms with E-state index in [-0.39, 0.29) is 0 Å². The highest BCUT2D eigenvalue weighted by Crippen LogP contribution is 2.23. The second kappa shape index (κ2) is 30.0. The fourth-order valence-electron chi connectivity index (χ4n) is 7.09. The van der Waals surface area contributed by atoms with Crippen LogP contribution in [0.25, 0.3) is 0 Å². The highest BCUT2D eigenvalue weighted by atomic mass is 15.3. The van der Waals surface area contributed by atoms with E-state index in [1.165, 1.54) is 178 Å². The summed E-state index contributed by atoms with van der Waals surface area (Å²) in [5.41, 5.74) is 2.93. The van der Waals surface area contributed by atoms with E-state index in [0.717, 1.165) is 17.6 Å². The van der Waals surface area contributed by atoms with Gasteiger partial charge in [0.2, 0.25) is 0 Å². The minimum Gasteiger partial charge on any atom is -0.316 e. The van der Waals surface area contributed by atoms with Gasteiger partial charge >= 0.3 is 0 Å². The number of quaternary nitrogens is 1. The van der Waals surface area contributed by atoms with Crippen molar-refractivity contribution in [2.24, 2.45) is 0 Å². The molecule has 264 valence electrons. The summed E-state index contributed by atoms with van der Waals surface area (Å²) in [4.78, 5) is 0. The maximum Gasteiger partial charge on any atom is 0.105 e. The maximum atomic E-state index is 2.50. The number of rotatable bonds is 32. The van der Waals surface area contributed by atoms with Crippen LogP contribution in [0.1, 0.15) is 179 Å². The Hall–Kier alpha value is -2.12. The zero-order valence-electron chi connectivity index (χ0n) is 31.3. The standard InChI is InChI=1S/C46H76N/c1-3-5-7-9-11-13-15-17-19-21-23-25-27-35-41-47(43-45-37-31-29-32-38-45,44-46-39-33-30-34-40-46)42-36-28-26-24-22-20-18-16-14-12-10-8-6-4-2/h25-34,37-40H,3-24,35-36,41-44H2,1-2H3/q+1/b27-25+,28-26+. The molecule has 2 aromatic carbocycles. The molecule has 0 heterocycles. The van der Waals surface area contributed by atoms with Crippen LogP contribution >= 0.6 is 0 Å². The Bertz CT molecular complexity index is 893. The van der Waals surface area contributed by atoms with Crippen LogP contribution in [0.2, 0.25) is 0 Å². The molecule has 0 aromatic heterocycles. The number of benzene rings is 2. The van der Waals surface area contributed by atoms with E-state index in [0.29, 0.717) is 0 Å². The van der Waals surface area contributed by atoms with Crippen molar-refractivity contribution in [2.45, 2.75) is 181 Å². The molecule has 0 saturated carbocycles. The Labute approximate surface area is 293 Å². The molecule has 0 spiro atoms. The lowest BCUT2D eigenvalue weighted by Gasteiger charge is -2.39. The SMILES string of the molecule is CCCCCCCCCCCC/C=C/CC[N+](CC/C=C/CCCCCCCCCCCC)(Cc1ccccc1)Cc1ccccc1. The van der Waals surface area contributed by atoms with E-state index >= 15 is 0 Å². The molecule has 0 aliphatic rings. The van der Waals surface area contributed by atoms with Gasteiger partial charge in [-0.25, -0.2) is 0 Å². The lowest BCUT2D eigenvalue weighted by molar-refractivity contribution is -0.953. The second-order valence-corrected chi connectivity index (χ2v) is 14.5. The zero-order chi connectivity index (χ0) is 33.4. The van der Waals surface area contributed by atoms with Crippen LogP contribution in [-0.2, 0) is 13.1 Å². The average Bonchev–Trinajstić information content (AvgIpc) is 3.09. The second-order valence-electron chi connectivity index (χ2n) is 14.5. The van der Waals surface area contributed by atoms with Crippen molar-refractivity contribution in [3.8, 4) is 0 Å². The lowest BCUT2D eigenvalue weighted by Crippen LogP contribution is -2.47. The van der Waals surface area contributed by atoms with Gasteiger partial charge in [0, 0.05) is 24.0 Å². The molecule has 0 unspecified atom stereocenters. The molecule has 2 aromatic rings. The third-order valence-corrected chi connectivity index (χ3v) is 10.0. The fourth-order valence-corrected chi connectivity index (χ4v) is 7.09. The third kappa shape index (κ3) is 23.0. The van der Waals surface area contributed by atoms with E-state index in [4.69, 9.17) is 0 Å². The van der Waals surface area contributed by atoms with E-state index in [2.05, 4.69) is 98.8 Å². The van der Waals surface area contributed by atoms with Crippen molar-refractivity contribution in [3.63, 3.8) is 0 Å². The highest BCUT2D eigenvalue weighted by Gasteiger charge is 2.27. The summed E-state index contributed by atoms with van der Waals surface area (Å²) in [6.07, 6.45) is 43.1. The first kappa shape index (κ1) is 41.1. The van der Waals surface area contributed by atoms with Gasteiger partial charge in [0.15, 0.2) is 0 Å². The van der Waals surface area contributed by atoms with Gasteiger partial charge in [-0.1, -0.05) is 214 Å². The quantitative estimate of drug-likeness (QED) is 0.0423. The van der Waals surface area contributed by atoms with Gasteiger partial charge in [-0.05, 0) is 25.7 Å². The Morgan fingerprint density at radius 1 is 0.362 bits per heavy atom. The molecule has 1 heteroatoms. The monoisotopic (exact) mass is 643 g/mol. The summed E-state index contributed by atoms with van der Waals surface area (Å²) < 4.78 is 1.12. The number of allylic oxidation sites excluding steroid dienone is 2. The molecule has 0 saturated heterocycles. The predicted molar refractivity (Wildman–Crippen MR) is 211 cm³/mol. The van der Waals surface area contributed by atoms with E-state index in [9.17, 15) is 0 Å². The Kier molecular flexibility index (Phi) is 26.2. The molecule has 0 fully saturated rings. The topological polar surface area (TPSA) is 0 Å². The molecule has 2 rings (SSSR count). The molecule has 0 amide bonds. The van der Waals surface area contributed by atoms with Gasteiger partial charge in [-0.2, -0.15) is 0 Å². The molecular formula is C46H76N+. The molecule has 0 bridgehead atoms. The number of hydrogen-bond donors (Lipinski definition) is 0. The Morgan fingerprint density at radius 2 is 0.660 bits per heavy atom. The molecule has 0 atom stereocenters.